The van der Waals surface area contributed by atoms with Crippen LogP contribution < -0.4 is 10.2 Å². The fourth-order valence-electron chi connectivity index (χ4n) is 4.34. The molecule has 0 amide bonds. The number of hydrogen-bond acceptors (Lipinski definition) is 4. The van der Waals surface area contributed by atoms with E-state index in [9.17, 15) is 4.39 Å². The highest BCUT2D eigenvalue weighted by molar-refractivity contribution is 7.12. The molecule has 0 aliphatic carbocycles. The van der Waals surface area contributed by atoms with Crippen molar-refractivity contribution in [1.29, 1.82) is 5.41 Å². The van der Waals surface area contributed by atoms with Crippen LogP contribution in [0.15, 0.2) is 29.6 Å². The first kappa shape index (κ1) is 18.4. The molecule has 1 saturated heterocycles. The van der Waals surface area contributed by atoms with Crippen molar-refractivity contribution in [1.82, 2.24) is 4.90 Å². The maximum absolute atomic E-state index is 15.0. The number of benzene rings is 1. The van der Waals surface area contributed by atoms with Gasteiger partial charge in [0, 0.05) is 24.8 Å². The Kier molecular flexibility index (Phi) is 5.45. The van der Waals surface area contributed by atoms with E-state index in [1.807, 2.05) is 23.6 Å². The molecule has 1 unspecified atom stereocenters. The van der Waals surface area contributed by atoms with Crippen molar-refractivity contribution >= 4 is 28.5 Å². The van der Waals surface area contributed by atoms with E-state index in [-0.39, 0.29) is 5.82 Å². The lowest BCUT2D eigenvalue weighted by molar-refractivity contribution is 0.297. The van der Waals surface area contributed by atoms with Gasteiger partial charge in [0.1, 0.15) is 11.7 Å². The van der Waals surface area contributed by atoms with Crippen LogP contribution in [0.4, 0.5) is 15.8 Å². The molecule has 27 heavy (non-hydrogen) atoms. The van der Waals surface area contributed by atoms with Crippen molar-refractivity contribution in [2.45, 2.75) is 38.1 Å². The zero-order valence-corrected chi connectivity index (χ0v) is 16.6. The topological polar surface area (TPSA) is 42.4 Å². The maximum atomic E-state index is 15.0. The van der Waals surface area contributed by atoms with E-state index in [0.29, 0.717) is 17.6 Å². The van der Waals surface area contributed by atoms with Gasteiger partial charge in [-0.2, -0.15) is 0 Å². The van der Waals surface area contributed by atoms with E-state index in [1.165, 1.54) is 30.7 Å². The number of amidine groups is 1. The van der Waals surface area contributed by atoms with Crippen LogP contribution in [0.5, 0.6) is 0 Å². The Labute approximate surface area is 164 Å². The molecule has 2 aromatic rings. The Bertz CT molecular complexity index is 805. The summed E-state index contributed by atoms with van der Waals surface area (Å²) in [6.45, 7) is 3.02. The van der Waals surface area contributed by atoms with Gasteiger partial charge >= 0.3 is 0 Å². The highest BCUT2D eigenvalue weighted by Gasteiger charge is 2.25. The van der Waals surface area contributed by atoms with Crippen LogP contribution in [0.25, 0.3) is 0 Å². The number of halogens is 1. The van der Waals surface area contributed by atoms with Crippen LogP contribution in [0.2, 0.25) is 0 Å². The third kappa shape index (κ3) is 4.01. The van der Waals surface area contributed by atoms with E-state index < -0.39 is 0 Å². The number of nitrogens with zero attached hydrogens (tertiary/aromatic N) is 2. The molecule has 1 aromatic carbocycles. The molecule has 1 aromatic heterocycles. The molecule has 1 atom stereocenters. The summed E-state index contributed by atoms with van der Waals surface area (Å²) in [5.74, 6) is 0.148. The molecular formula is C21H27FN4S. The Morgan fingerprint density at radius 2 is 2.22 bits per heavy atom. The van der Waals surface area contributed by atoms with Crippen LogP contribution >= 0.6 is 11.3 Å². The molecule has 6 heteroatoms. The van der Waals surface area contributed by atoms with Crippen molar-refractivity contribution in [3.8, 4) is 0 Å². The van der Waals surface area contributed by atoms with Gasteiger partial charge < -0.3 is 15.1 Å². The smallest absolute Gasteiger partial charge is 0.148 e. The molecule has 0 bridgehead atoms. The highest BCUT2D eigenvalue weighted by Crippen LogP contribution is 2.34. The second-order valence-electron chi connectivity index (χ2n) is 7.60. The summed E-state index contributed by atoms with van der Waals surface area (Å²) < 4.78 is 15.0. The van der Waals surface area contributed by atoms with Crippen LogP contribution in [-0.4, -0.2) is 43.5 Å². The summed E-state index contributed by atoms with van der Waals surface area (Å²) in [5.41, 5.74) is 2.50. The lowest BCUT2D eigenvalue weighted by Gasteiger charge is -2.33. The second-order valence-corrected chi connectivity index (χ2v) is 8.55. The highest BCUT2D eigenvalue weighted by atomic mass is 32.1. The van der Waals surface area contributed by atoms with Crippen molar-refractivity contribution in [3.63, 3.8) is 0 Å². The Hall–Kier alpha value is -1.92. The fraction of sp³-hybridized carbons (Fsp3) is 0.476. The maximum Gasteiger partial charge on any atom is 0.148 e. The summed E-state index contributed by atoms with van der Waals surface area (Å²) in [6, 6.07) is 8.01. The first-order valence-corrected chi connectivity index (χ1v) is 10.7. The molecule has 4 rings (SSSR count). The van der Waals surface area contributed by atoms with E-state index in [2.05, 4.69) is 22.2 Å². The van der Waals surface area contributed by atoms with Gasteiger partial charge in [0.25, 0.3) is 0 Å². The number of hydrogen-bond donors (Lipinski definition) is 2. The first-order chi connectivity index (χ1) is 13.1. The largest absolute Gasteiger partial charge is 0.369 e. The van der Waals surface area contributed by atoms with Gasteiger partial charge in [0.05, 0.1) is 10.6 Å². The SMILES string of the molecule is CN1CCCC1CCN1CCCc2cc(NC(=N)c3cccs3)cc(F)c21. The lowest BCUT2D eigenvalue weighted by atomic mass is 9.99. The average molecular weight is 387 g/mol. The van der Waals surface area contributed by atoms with E-state index in [0.717, 1.165) is 48.5 Å². The third-order valence-electron chi connectivity index (χ3n) is 5.77. The van der Waals surface area contributed by atoms with Crippen LogP contribution in [0.1, 0.15) is 36.1 Å². The summed E-state index contributed by atoms with van der Waals surface area (Å²) in [4.78, 5) is 5.52. The van der Waals surface area contributed by atoms with Crippen molar-refractivity contribution in [2.75, 3.05) is 36.9 Å². The van der Waals surface area contributed by atoms with Crippen LogP contribution in [0.3, 0.4) is 0 Å². The number of rotatable bonds is 5. The molecule has 2 aliphatic heterocycles. The predicted octanol–water partition coefficient (Wildman–Crippen LogP) is 4.56. The number of fused-ring (bicyclic) bond motifs is 1. The molecule has 2 aliphatic rings. The zero-order valence-electron chi connectivity index (χ0n) is 15.8. The quantitative estimate of drug-likeness (QED) is 0.585. The number of nitrogens with one attached hydrogen (secondary N) is 2. The van der Waals surface area contributed by atoms with Gasteiger partial charge in [0.2, 0.25) is 0 Å². The zero-order chi connectivity index (χ0) is 18.8. The Balaban J connectivity index is 1.48. The van der Waals surface area contributed by atoms with Gasteiger partial charge in [-0.05, 0) is 74.8 Å². The first-order valence-electron chi connectivity index (χ1n) is 9.79. The molecule has 3 heterocycles. The summed E-state index contributed by atoms with van der Waals surface area (Å²) >= 11 is 1.51. The van der Waals surface area contributed by atoms with Crippen molar-refractivity contribution < 1.29 is 4.39 Å². The third-order valence-corrected chi connectivity index (χ3v) is 6.66. The van der Waals surface area contributed by atoms with Crippen LogP contribution in [0, 0.1) is 11.2 Å². The summed E-state index contributed by atoms with van der Waals surface area (Å²) in [5, 5.41) is 13.2. The Morgan fingerprint density at radius 3 is 2.96 bits per heavy atom. The van der Waals surface area contributed by atoms with E-state index in [4.69, 9.17) is 5.41 Å². The molecule has 2 N–H and O–H groups in total. The molecule has 0 spiro atoms. The predicted molar refractivity (Wildman–Crippen MR) is 112 cm³/mol. The molecular weight excluding hydrogens is 359 g/mol. The molecule has 1 fully saturated rings. The molecule has 4 nitrogen and oxygen atoms in total. The van der Waals surface area contributed by atoms with Gasteiger partial charge in [-0.25, -0.2) is 4.39 Å². The number of likely N-dealkylation sites (tertiary alicyclic amines) is 1. The van der Waals surface area contributed by atoms with Gasteiger partial charge in [-0.3, -0.25) is 5.41 Å². The van der Waals surface area contributed by atoms with Crippen molar-refractivity contribution in [3.05, 3.63) is 45.9 Å². The fourth-order valence-corrected chi connectivity index (χ4v) is 4.97. The standard InChI is InChI=1S/C21H27FN4S/c1-25-9-3-6-17(25)8-11-26-10-2-5-15-13-16(14-18(22)20(15)26)24-21(23)19-7-4-12-27-19/h4,7,12-14,17H,2-3,5-6,8-11H2,1H3,(H2,23,24). The van der Waals surface area contributed by atoms with Gasteiger partial charge in [0.15, 0.2) is 0 Å². The van der Waals surface area contributed by atoms with Gasteiger partial charge in [-0.1, -0.05) is 6.07 Å². The molecule has 0 saturated carbocycles. The normalized spacial score (nSPS) is 19.9. The van der Waals surface area contributed by atoms with E-state index >= 15 is 0 Å². The summed E-state index contributed by atoms with van der Waals surface area (Å²) in [7, 11) is 2.20. The van der Waals surface area contributed by atoms with Gasteiger partial charge in [-0.15, -0.1) is 11.3 Å². The molecule has 144 valence electrons. The average Bonchev–Trinajstić information content (AvgIpc) is 3.31. The monoisotopic (exact) mass is 386 g/mol. The number of aryl methyl sites for hydroxylation is 1. The lowest BCUT2D eigenvalue weighted by Crippen LogP contribution is -2.35. The minimum absolute atomic E-state index is 0.173. The number of anilines is 2. The Morgan fingerprint density at radius 1 is 1.33 bits per heavy atom. The van der Waals surface area contributed by atoms with Crippen molar-refractivity contribution in [2.24, 2.45) is 0 Å². The minimum atomic E-state index is -0.173. The summed E-state index contributed by atoms with van der Waals surface area (Å²) in [6.07, 6.45) is 5.58. The minimum Gasteiger partial charge on any atom is -0.369 e. The van der Waals surface area contributed by atoms with Crippen LogP contribution in [-0.2, 0) is 6.42 Å². The number of thiophene rings is 1. The van der Waals surface area contributed by atoms with E-state index in [1.54, 1.807) is 6.07 Å². The molecule has 0 radical (unpaired) electrons. The second kappa shape index (κ2) is 7.98.